The largest absolute Gasteiger partial charge is 0.501 e. The Bertz CT molecular complexity index is 965. The zero-order valence-electron chi connectivity index (χ0n) is 16.3. The lowest BCUT2D eigenvalue weighted by Crippen LogP contribution is -2.29. The number of amides is 1. The van der Waals surface area contributed by atoms with Crippen molar-refractivity contribution in [2.45, 2.75) is 27.2 Å². The van der Waals surface area contributed by atoms with Gasteiger partial charge in [0, 0.05) is 25.2 Å². The molecule has 0 saturated heterocycles. The van der Waals surface area contributed by atoms with Crippen molar-refractivity contribution >= 4 is 17.3 Å². The highest BCUT2D eigenvalue weighted by Gasteiger charge is 2.25. The third-order valence-electron chi connectivity index (χ3n) is 4.69. The van der Waals surface area contributed by atoms with Crippen LogP contribution in [0.1, 0.15) is 41.9 Å². The molecule has 0 unspecified atom stereocenters. The number of aryl methyl sites for hydroxylation is 2. The number of nitrogens with one attached hydrogen (secondary N) is 1. The summed E-state index contributed by atoms with van der Waals surface area (Å²) in [5.74, 6) is 1.21. The highest BCUT2D eigenvalue weighted by atomic mass is 16.5. The first-order valence-electron chi connectivity index (χ1n) is 8.80. The minimum absolute atomic E-state index is 0.201. The molecule has 0 aliphatic carbocycles. The molecule has 1 aliphatic rings. The molecule has 27 heavy (non-hydrogen) atoms. The minimum Gasteiger partial charge on any atom is -0.501 e. The molecule has 140 valence electrons. The van der Waals surface area contributed by atoms with Crippen LogP contribution in [-0.4, -0.2) is 28.6 Å². The van der Waals surface area contributed by atoms with Gasteiger partial charge in [0.2, 0.25) is 0 Å². The van der Waals surface area contributed by atoms with E-state index >= 15 is 0 Å². The lowest BCUT2D eigenvalue weighted by molar-refractivity contribution is 0.0976. The Balaban J connectivity index is 1.96. The van der Waals surface area contributed by atoms with Crippen LogP contribution in [-0.2, 0) is 11.8 Å². The Labute approximate surface area is 159 Å². The summed E-state index contributed by atoms with van der Waals surface area (Å²) < 4.78 is 7.09. The van der Waals surface area contributed by atoms with Gasteiger partial charge in [0.25, 0.3) is 5.91 Å². The maximum absolute atomic E-state index is 12.6. The van der Waals surface area contributed by atoms with Gasteiger partial charge in [-0.05, 0) is 31.9 Å². The Morgan fingerprint density at radius 3 is 2.52 bits per heavy atom. The van der Waals surface area contributed by atoms with E-state index in [4.69, 9.17) is 9.73 Å². The molecule has 0 radical (unpaired) electrons. The summed E-state index contributed by atoms with van der Waals surface area (Å²) in [5.41, 5.74) is 5.20. The summed E-state index contributed by atoms with van der Waals surface area (Å²) >= 11 is 0. The van der Waals surface area contributed by atoms with Crippen LogP contribution in [0.15, 0.2) is 58.6 Å². The van der Waals surface area contributed by atoms with E-state index in [2.05, 4.69) is 10.4 Å². The first-order valence-corrected chi connectivity index (χ1v) is 8.80. The smallest absolute Gasteiger partial charge is 0.260 e. The van der Waals surface area contributed by atoms with E-state index in [1.807, 2.05) is 51.1 Å². The number of aromatic nitrogens is 2. The fourth-order valence-corrected chi connectivity index (χ4v) is 3.14. The van der Waals surface area contributed by atoms with E-state index in [0.717, 1.165) is 28.2 Å². The number of carbonyl (C=O) groups is 1. The average molecular weight is 364 g/mol. The van der Waals surface area contributed by atoms with E-state index < -0.39 is 0 Å². The molecule has 1 aromatic heterocycles. The summed E-state index contributed by atoms with van der Waals surface area (Å²) in [6, 6.07) is 10.1. The molecule has 0 fully saturated rings. The number of ether oxygens (including phenoxy) is 1. The zero-order chi connectivity index (χ0) is 19.6. The Kier molecular flexibility index (Phi) is 5.26. The highest BCUT2D eigenvalue weighted by molar-refractivity contribution is 6.09. The summed E-state index contributed by atoms with van der Waals surface area (Å²) in [7, 11) is 3.44. The summed E-state index contributed by atoms with van der Waals surface area (Å²) in [5, 5.41) is 7.15. The standard InChI is InChI=1S/C21H24N4O2/c1-13(16-9-7-6-8-10-16)20-17(15(3)27-5)11-19(22-20)23-21(26)18-12-25(4)24-14(18)2/h6-10,12H,11H2,1-5H3,(H,22,23,26)/b17-15+,20-13-. The lowest BCUT2D eigenvalue weighted by atomic mass is 10.0. The van der Waals surface area contributed by atoms with E-state index in [1.54, 1.807) is 25.0 Å². The Morgan fingerprint density at radius 2 is 1.93 bits per heavy atom. The maximum atomic E-state index is 12.6. The predicted octanol–water partition coefficient (Wildman–Crippen LogP) is 3.61. The normalized spacial score (nSPS) is 17.4. The Hall–Kier alpha value is -3.15. The van der Waals surface area contributed by atoms with E-state index in [1.165, 1.54) is 0 Å². The van der Waals surface area contributed by atoms with Gasteiger partial charge in [-0.25, -0.2) is 4.99 Å². The van der Waals surface area contributed by atoms with Gasteiger partial charge in [-0.2, -0.15) is 5.10 Å². The molecular weight excluding hydrogens is 340 g/mol. The van der Waals surface area contributed by atoms with Crippen LogP contribution in [0.3, 0.4) is 0 Å². The number of aliphatic imine (C=N–C) groups is 1. The molecule has 6 heteroatoms. The number of rotatable bonds is 3. The number of carbonyl (C=O) groups excluding carboxylic acids is 1. The number of allylic oxidation sites excluding steroid dienone is 3. The molecule has 0 atom stereocenters. The number of methoxy groups -OCH3 is 1. The maximum Gasteiger partial charge on any atom is 0.260 e. The van der Waals surface area contributed by atoms with Crippen molar-refractivity contribution in [1.82, 2.24) is 15.1 Å². The molecule has 3 rings (SSSR count). The predicted molar refractivity (Wildman–Crippen MR) is 106 cm³/mol. The van der Waals surface area contributed by atoms with Crippen molar-refractivity contribution in [1.29, 1.82) is 0 Å². The van der Waals surface area contributed by atoms with E-state index in [-0.39, 0.29) is 5.91 Å². The Morgan fingerprint density at radius 1 is 1.22 bits per heavy atom. The van der Waals surface area contributed by atoms with Crippen molar-refractivity contribution in [3.8, 4) is 0 Å². The summed E-state index contributed by atoms with van der Waals surface area (Å²) in [6.45, 7) is 5.77. The van der Waals surface area contributed by atoms with Gasteiger partial charge in [-0.15, -0.1) is 0 Å². The van der Waals surface area contributed by atoms with Crippen LogP contribution >= 0.6 is 0 Å². The molecule has 1 aliphatic heterocycles. The molecule has 1 amide bonds. The number of nitrogens with zero attached hydrogens (tertiary/aromatic N) is 3. The van der Waals surface area contributed by atoms with Gasteiger partial charge >= 0.3 is 0 Å². The van der Waals surface area contributed by atoms with Crippen LogP contribution in [0.4, 0.5) is 0 Å². The first-order chi connectivity index (χ1) is 12.9. The van der Waals surface area contributed by atoms with Crippen LogP contribution < -0.4 is 5.32 Å². The van der Waals surface area contributed by atoms with Gasteiger partial charge in [-0.1, -0.05) is 30.3 Å². The average Bonchev–Trinajstić information content (AvgIpc) is 3.23. The molecule has 1 N–H and O–H groups in total. The fraction of sp³-hybridized carbons (Fsp3) is 0.286. The molecule has 0 bridgehead atoms. The minimum atomic E-state index is -0.201. The van der Waals surface area contributed by atoms with Crippen LogP contribution in [0.5, 0.6) is 0 Å². The van der Waals surface area contributed by atoms with Gasteiger partial charge in [0.1, 0.15) is 5.84 Å². The van der Waals surface area contributed by atoms with Crippen molar-refractivity contribution < 1.29 is 9.53 Å². The quantitative estimate of drug-likeness (QED) is 0.846. The van der Waals surface area contributed by atoms with E-state index in [9.17, 15) is 4.79 Å². The molecular formula is C21H24N4O2. The topological polar surface area (TPSA) is 68.5 Å². The van der Waals surface area contributed by atoms with Crippen molar-refractivity contribution in [3.05, 3.63) is 70.4 Å². The second kappa shape index (κ2) is 7.61. The van der Waals surface area contributed by atoms with Crippen LogP contribution in [0.25, 0.3) is 5.57 Å². The summed E-state index contributed by atoms with van der Waals surface area (Å²) in [4.78, 5) is 17.3. The number of hydrogen-bond acceptors (Lipinski definition) is 4. The second-order valence-electron chi connectivity index (χ2n) is 6.57. The van der Waals surface area contributed by atoms with Crippen molar-refractivity contribution in [2.75, 3.05) is 7.11 Å². The van der Waals surface area contributed by atoms with Gasteiger partial charge in [0.15, 0.2) is 0 Å². The summed E-state index contributed by atoms with van der Waals surface area (Å²) in [6.07, 6.45) is 2.23. The number of amidine groups is 1. The first kappa shape index (κ1) is 18.6. The van der Waals surface area contributed by atoms with Crippen LogP contribution in [0, 0.1) is 6.92 Å². The van der Waals surface area contributed by atoms with Crippen molar-refractivity contribution in [2.24, 2.45) is 12.0 Å². The SMILES string of the molecule is CO/C(C)=C1\CC(NC(=O)c2cn(C)nc2C)=N\C1=C(\C)c1ccccc1. The molecule has 0 saturated carbocycles. The fourth-order valence-electron chi connectivity index (χ4n) is 3.14. The molecule has 2 aromatic rings. The lowest BCUT2D eigenvalue weighted by Gasteiger charge is -2.09. The molecule has 1 aromatic carbocycles. The van der Waals surface area contributed by atoms with Crippen molar-refractivity contribution in [3.63, 3.8) is 0 Å². The van der Waals surface area contributed by atoms with Gasteiger partial charge in [0.05, 0.1) is 29.8 Å². The van der Waals surface area contributed by atoms with Gasteiger partial charge < -0.3 is 10.1 Å². The van der Waals surface area contributed by atoms with Crippen LogP contribution in [0.2, 0.25) is 0 Å². The second-order valence-corrected chi connectivity index (χ2v) is 6.57. The third kappa shape index (κ3) is 3.84. The monoisotopic (exact) mass is 364 g/mol. The highest BCUT2D eigenvalue weighted by Crippen LogP contribution is 2.33. The third-order valence-corrected chi connectivity index (χ3v) is 4.69. The number of benzene rings is 1. The zero-order valence-corrected chi connectivity index (χ0v) is 16.3. The molecule has 6 nitrogen and oxygen atoms in total. The van der Waals surface area contributed by atoms with E-state index in [0.29, 0.717) is 23.5 Å². The number of hydrogen-bond donors (Lipinski definition) is 1. The molecule has 2 heterocycles. The van der Waals surface area contributed by atoms with Gasteiger partial charge in [-0.3, -0.25) is 9.48 Å². The molecule has 0 spiro atoms.